The summed E-state index contributed by atoms with van der Waals surface area (Å²) < 4.78 is 61.7. The number of sulfonamides is 1. The molecular formula is C18H35F3IN5O2S. The minimum Gasteiger partial charge on any atom is -0.357 e. The van der Waals surface area contributed by atoms with E-state index >= 15 is 0 Å². The first-order valence-electron chi connectivity index (χ1n) is 10.3. The van der Waals surface area contributed by atoms with Crippen LogP contribution in [0.15, 0.2) is 4.99 Å². The first-order valence-corrected chi connectivity index (χ1v) is 11.8. The van der Waals surface area contributed by atoms with Crippen LogP contribution in [0.3, 0.4) is 0 Å². The van der Waals surface area contributed by atoms with Gasteiger partial charge in [-0.25, -0.2) is 8.42 Å². The molecule has 0 aromatic heterocycles. The zero-order valence-electron chi connectivity index (χ0n) is 18.0. The van der Waals surface area contributed by atoms with Crippen LogP contribution in [0.4, 0.5) is 13.2 Å². The third-order valence-electron chi connectivity index (χ3n) is 5.61. The Morgan fingerprint density at radius 2 is 1.63 bits per heavy atom. The van der Waals surface area contributed by atoms with E-state index in [1.165, 1.54) is 19.3 Å². The Kier molecular flexibility index (Phi) is 10.6. The average molecular weight is 569 g/mol. The van der Waals surface area contributed by atoms with Crippen LogP contribution in [0, 0.1) is 0 Å². The highest BCUT2D eigenvalue weighted by atomic mass is 127. The molecule has 12 heteroatoms. The number of likely N-dealkylation sites (tertiary alicyclic amines) is 1. The molecule has 0 amide bonds. The number of piperidine rings is 2. The molecule has 2 heterocycles. The highest BCUT2D eigenvalue weighted by Gasteiger charge is 2.50. The monoisotopic (exact) mass is 569 g/mol. The Morgan fingerprint density at radius 1 is 1.07 bits per heavy atom. The normalized spacial score (nSPS) is 21.2. The lowest BCUT2D eigenvalue weighted by molar-refractivity contribution is -0.0494. The fraction of sp³-hybridized carbons (Fsp3) is 0.944. The summed E-state index contributed by atoms with van der Waals surface area (Å²) in [5, 5.41) is 6.44. The summed E-state index contributed by atoms with van der Waals surface area (Å²) in [5.41, 5.74) is -5.32. The van der Waals surface area contributed by atoms with Gasteiger partial charge in [-0.3, -0.25) is 9.89 Å². The van der Waals surface area contributed by atoms with E-state index in [1.54, 1.807) is 0 Å². The molecule has 0 radical (unpaired) electrons. The van der Waals surface area contributed by atoms with E-state index in [1.807, 2.05) is 6.92 Å². The fourth-order valence-electron chi connectivity index (χ4n) is 3.77. The Hall–Kier alpha value is -0.340. The maximum Gasteiger partial charge on any atom is 0.511 e. The van der Waals surface area contributed by atoms with Crippen LogP contribution in [-0.4, -0.2) is 79.9 Å². The van der Waals surface area contributed by atoms with Crippen molar-refractivity contribution in [3.63, 3.8) is 0 Å². The van der Waals surface area contributed by atoms with E-state index in [9.17, 15) is 21.6 Å². The van der Waals surface area contributed by atoms with Gasteiger partial charge in [0, 0.05) is 31.2 Å². The number of hydrogen-bond donors (Lipinski definition) is 2. The van der Waals surface area contributed by atoms with Gasteiger partial charge in [0.05, 0.1) is 6.54 Å². The fourth-order valence-corrected chi connectivity index (χ4v) is 4.76. The van der Waals surface area contributed by atoms with Gasteiger partial charge in [-0.05, 0) is 59.5 Å². The molecule has 2 aliphatic rings. The second-order valence-corrected chi connectivity index (χ2v) is 10.3. The van der Waals surface area contributed by atoms with E-state index < -0.39 is 15.5 Å². The summed E-state index contributed by atoms with van der Waals surface area (Å²) in [6.07, 6.45) is 4.27. The van der Waals surface area contributed by atoms with Crippen molar-refractivity contribution in [2.45, 2.75) is 70.0 Å². The van der Waals surface area contributed by atoms with E-state index in [0.717, 1.165) is 13.1 Å². The largest absolute Gasteiger partial charge is 0.511 e. The SMILES string of the molecule is CCNC(=NCC(C)(C)N1CCCCC1)NC1CCN(S(=O)(=O)C(F)(F)F)CC1.I. The molecule has 7 nitrogen and oxygen atoms in total. The van der Waals surface area contributed by atoms with Crippen LogP contribution in [0.25, 0.3) is 0 Å². The topological polar surface area (TPSA) is 77.0 Å². The second kappa shape index (κ2) is 11.5. The Morgan fingerprint density at radius 3 is 2.13 bits per heavy atom. The number of nitrogens with zero attached hydrogens (tertiary/aromatic N) is 3. The van der Waals surface area contributed by atoms with Crippen molar-refractivity contribution in [1.29, 1.82) is 0 Å². The number of hydrogen-bond acceptors (Lipinski definition) is 4. The van der Waals surface area contributed by atoms with Crippen molar-refractivity contribution in [3.05, 3.63) is 0 Å². The maximum atomic E-state index is 12.7. The zero-order valence-corrected chi connectivity index (χ0v) is 21.1. The zero-order chi connectivity index (χ0) is 21.7. The predicted molar refractivity (Wildman–Crippen MR) is 124 cm³/mol. The van der Waals surface area contributed by atoms with Gasteiger partial charge in [-0.2, -0.15) is 17.5 Å². The molecule has 0 atom stereocenters. The molecule has 0 spiro atoms. The van der Waals surface area contributed by atoms with Gasteiger partial charge >= 0.3 is 15.5 Å². The first-order chi connectivity index (χ1) is 13.5. The second-order valence-electron chi connectivity index (χ2n) is 8.32. The molecule has 0 aliphatic carbocycles. The van der Waals surface area contributed by atoms with Crippen LogP contribution < -0.4 is 10.6 Å². The number of nitrogens with one attached hydrogen (secondary N) is 2. The third kappa shape index (κ3) is 7.37. The van der Waals surface area contributed by atoms with Crippen molar-refractivity contribution in [2.75, 3.05) is 39.3 Å². The molecule has 0 aromatic rings. The Bertz CT molecular complexity index is 659. The molecule has 2 saturated heterocycles. The van der Waals surface area contributed by atoms with E-state index in [2.05, 4.69) is 29.4 Å². The summed E-state index contributed by atoms with van der Waals surface area (Å²) in [6, 6.07) is -0.120. The van der Waals surface area contributed by atoms with Crippen molar-refractivity contribution in [2.24, 2.45) is 4.99 Å². The molecule has 30 heavy (non-hydrogen) atoms. The van der Waals surface area contributed by atoms with E-state index in [4.69, 9.17) is 4.99 Å². The standard InChI is InChI=1S/C18H34F3N5O2S.HI/c1-4-22-16(23-14-17(2,3)25-10-6-5-7-11-25)24-15-8-12-26(13-9-15)29(27,28)18(19,20)21;/h15H,4-14H2,1-3H3,(H2,22,23,24);1H. The Labute approximate surface area is 195 Å². The highest BCUT2D eigenvalue weighted by Crippen LogP contribution is 2.29. The lowest BCUT2D eigenvalue weighted by atomic mass is 9.99. The molecule has 2 N–H and O–H groups in total. The van der Waals surface area contributed by atoms with Gasteiger partial charge in [0.1, 0.15) is 0 Å². The number of aliphatic imine (C=N–C) groups is 1. The predicted octanol–water partition coefficient (Wildman–Crippen LogP) is 2.74. The van der Waals surface area contributed by atoms with Crippen molar-refractivity contribution in [3.8, 4) is 0 Å². The summed E-state index contributed by atoms with van der Waals surface area (Å²) in [6.45, 7) is 9.39. The van der Waals surface area contributed by atoms with E-state index in [-0.39, 0.29) is 48.6 Å². The van der Waals surface area contributed by atoms with Gasteiger partial charge in [0.25, 0.3) is 0 Å². The summed E-state index contributed by atoms with van der Waals surface area (Å²) in [4.78, 5) is 7.15. The van der Waals surface area contributed by atoms with Crippen LogP contribution in [-0.2, 0) is 10.0 Å². The number of alkyl halides is 3. The van der Waals surface area contributed by atoms with Gasteiger partial charge < -0.3 is 10.6 Å². The summed E-state index contributed by atoms with van der Waals surface area (Å²) >= 11 is 0. The third-order valence-corrected chi connectivity index (χ3v) is 7.24. The number of rotatable bonds is 6. The highest BCUT2D eigenvalue weighted by molar-refractivity contribution is 14.0. The van der Waals surface area contributed by atoms with Crippen molar-refractivity contribution < 1.29 is 21.6 Å². The van der Waals surface area contributed by atoms with Crippen LogP contribution in [0.5, 0.6) is 0 Å². The smallest absolute Gasteiger partial charge is 0.357 e. The Balaban J connectivity index is 0.00000450. The number of guanidine groups is 1. The molecule has 178 valence electrons. The van der Waals surface area contributed by atoms with Gasteiger partial charge in [-0.1, -0.05) is 6.42 Å². The molecular weight excluding hydrogens is 534 g/mol. The first kappa shape index (κ1) is 27.7. The number of halogens is 4. The molecule has 2 rings (SSSR count). The lowest BCUT2D eigenvalue weighted by Crippen LogP contribution is -2.52. The molecule has 0 bridgehead atoms. The van der Waals surface area contributed by atoms with Crippen LogP contribution in [0.2, 0.25) is 0 Å². The molecule has 0 unspecified atom stereocenters. The average Bonchev–Trinajstić information content (AvgIpc) is 2.66. The van der Waals surface area contributed by atoms with Crippen molar-refractivity contribution in [1.82, 2.24) is 19.8 Å². The minimum absolute atomic E-state index is 0. The molecule has 2 fully saturated rings. The van der Waals surface area contributed by atoms with Gasteiger partial charge in [0.15, 0.2) is 5.96 Å². The van der Waals surface area contributed by atoms with Crippen molar-refractivity contribution >= 4 is 40.0 Å². The maximum absolute atomic E-state index is 12.7. The molecule has 2 aliphatic heterocycles. The summed E-state index contributed by atoms with van der Waals surface area (Å²) in [7, 11) is -5.25. The molecule has 0 aromatic carbocycles. The van der Waals surface area contributed by atoms with Gasteiger partial charge in [0.2, 0.25) is 0 Å². The minimum atomic E-state index is -5.25. The summed E-state index contributed by atoms with van der Waals surface area (Å²) in [5.74, 6) is 0.620. The van der Waals surface area contributed by atoms with E-state index in [0.29, 0.717) is 36.2 Å². The van der Waals surface area contributed by atoms with Crippen LogP contribution >= 0.6 is 24.0 Å². The lowest BCUT2D eigenvalue weighted by Gasteiger charge is -2.40. The van der Waals surface area contributed by atoms with Crippen LogP contribution in [0.1, 0.15) is 52.9 Å². The quantitative estimate of drug-likeness (QED) is 0.293. The molecule has 0 saturated carbocycles. The van der Waals surface area contributed by atoms with Gasteiger partial charge in [-0.15, -0.1) is 24.0 Å².